The molecule has 0 atom stereocenters. The zero-order valence-corrected chi connectivity index (χ0v) is 24.7. The summed E-state index contributed by atoms with van der Waals surface area (Å²) in [6.07, 6.45) is 4.20. The number of aryl methyl sites for hydroxylation is 2. The second-order valence-electron chi connectivity index (χ2n) is 10.3. The Kier molecular flexibility index (Phi) is 12.4. The number of carbonyl (C=O) groups excluding carboxylic acids is 4. The fourth-order valence-electron chi connectivity index (χ4n) is 3.86. The number of Topliss-reactive ketones (excluding diaryl/α,β-unsaturated/α-hetero) is 2. The zero-order valence-electron chi connectivity index (χ0n) is 24.7. The van der Waals surface area contributed by atoms with Gasteiger partial charge in [-0.2, -0.15) is 0 Å². The van der Waals surface area contributed by atoms with Crippen molar-refractivity contribution in [3.05, 3.63) is 89.5 Å². The molecule has 3 rings (SSSR count). The SMILES string of the molecule is C=CCCC(=O)c1cccc(C(=O)OC)c1.CCCc1oc(C)nc1-c1cccc(C(=O)CC(=O)OC(C)(C)C)c1. The molecule has 218 valence electrons. The second kappa shape index (κ2) is 15.5. The molecule has 41 heavy (non-hydrogen) atoms. The van der Waals surface area contributed by atoms with Gasteiger partial charge in [-0.3, -0.25) is 14.4 Å². The molecule has 8 nitrogen and oxygen atoms in total. The van der Waals surface area contributed by atoms with Crippen LogP contribution in [0.15, 0.2) is 65.6 Å². The molecule has 8 heteroatoms. The van der Waals surface area contributed by atoms with Gasteiger partial charge in [0.2, 0.25) is 0 Å². The topological polar surface area (TPSA) is 113 Å². The van der Waals surface area contributed by atoms with Crippen LogP contribution in [0.2, 0.25) is 0 Å². The molecule has 2 aromatic carbocycles. The largest absolute Gasteiger partial charge is 0.465 e. The minimum atomic E-state index is -0.605. The summed E-state index contributed by atoms with van der Waals surface area (Å²) < 4.78 is 15.5. The van der Waals surface area contributed by atoms with E-state index in [1.807, 2.05) is 6.07 Å². The molecule has 0 saturated heterocycles. The number of rotatable bonds is 11. The van der Waals surface area contributed by atoms with E-state index in [1.165, 1.54) is 7.11 Å². The van der Waals surface area contributed by atoms with E-state index in [2.05, 4.69) is 23.2 Å². The third kappa shape index (κ3) is 10.6. The van der Waals surface area contributed by atoms with Crippen molar-refractivity contribution < 1.29 is 33.1 Å². The molecule has 0 spiro atoms. The number of nitrogens with zero attached hydrogens (tertiary/aromatic N) is 1. The summed E-state index contributed by atoms with van der Waals surface area (Å²) in [7, 11) is 1.31. The molecule has 1 heterocycles. The highest BCUT2D eigenvalue weighted by atomic mass is 16.6. The van der Waals surface area contributed by atoms with Gasteiger partial charge in [0.25, 0.3) is 0 Å². The van der Waals surface area contributed by atoms with Crippen LogP contribution in [0.3, 0.4) is 0 Å². The van der Waals surface area contributed by atoms with Crippen molar-refractivity contribution in [1.82, 2.24) is 4.98 Å². The minimum Gasteiger partial charge on any atom is -0.465 e. The second-order valence-corrected chi connectivity index (χ2v) is 10.3. The molecule has 0 unspecified atom stereocenters. The summed E-state index contributed by atoms with van der Waals surface area (Å²) in [6, 6.07) is 13.7. The van der Waals surface area contributed by atoms with Crippen LogP contribution in [0.1, 0.15) is 96.1 Å². The average Bonchev–Trinajstić information content (AvgIpc) is 3.30. The molecule has 0 N–H and O–H groups in total. The Balaban J connectivity index is 0.000000317. The highest BCUT2D eigenvalue weighted by Gasteiger charge is 2.21. The summed E-state index contributed by atoms with van der Waals surface area (Å²) in [5, 5.41) is 0. The maximum absolute atomic E-state index is 12.4. The van der Waals surface area contributed by atoms with E-state index in [0.29, 0.717) is 35.4 Å². The molecule has 0 saturated carbocycles. The lowest BCUT2D eigenvalue weighted by atomic mass is 10.0. The molecule has 0 bridgehead atoms. The maximum atomic E-state index is 12.4. The Labute approximate surface area is 241 Å². The summed E-state index contributed by atoms with van der Waals surface area (Å²) >= 11 is 0. The Bertz CT molecular complexity index is 1380. The Hall–Kier alpha value is -4.33. The van der Waals surface area contributed by atoms with Gasteiger partial charge in [-0.05, 0) is 51.8 Å². The third-order valence-corrected chi connectivity index (χ3v) is 5.65. The lowest BCUT2D eigenvalue weighted by molar-refractivity contribution is -0.153. The number of hydrogen-bond acceptors (Lipinski definition) is 8. The van der Waals surface area contributed by atoms with Crippen molar-refractivity contribution in [3.8, 4) is 11.3 Å². The van der Waals surface area contributed by atoms with Gasteiger partial charge >= 0.3 is 11.9 Å². The first-order chi connectivity index (χ1) is 19.4. The average molecular weight is 562 g/mol. The lowest BCUT2D eigenvalue weighted by Crippen LogP contribution is -2.25. The van der Waals surface area contributed by atoms with Crippen molar-refractivity contribution in [2.45, 2.75) is 72.3 Å². The number of carbonyl (C=O) groups is 4. The minimum absolute atomic E-state index is 0.00523. The molecular weight excluding hydrogens is 522 g/mol. The van der Waals surface area contributed by atoms with Crippen molar-refractivity contribution >= 4 is 23.5 Å². The van der Waals surface area contributed by atoms with Crippen LogP contribution in [-0.2, 0) is 20.7 Å². The molecule has 0 amide bonds. The van der Waals surface area contributed by atoms with Crippen LogP contribution in [-0.4, -0.2) is 41.2 Å². The number of esters is 2. The lowest BCUT2D eigenvalue weighted by Gasteiger charge is -2.19. The monoisotopic (exact) mass is 561 g/mol. The Morgan fingerprint density at radius 3 is 2.22 bits per heavy atom. The Morgan fingerprint density at radius 2 is 1.61 bits per heavy atom. The van der Waals surface area contributed by atoms with Crippen LogP contribution in [0.4, 0.5) is 0 Å². The number of allylic oxidation sites excluding steroid dienone is 1. The molecular formula is C33H39NO7. The fraction of sp³-hybridized carbons (Fsp3) is 0.364. The molecule has 0 aliphatic carbocycles. The number of ketones is 2. The number of aromatic nitrogens is 1. The quantitative estimate of drug-likeness (QED) is 0.105. The van der Waals surface area contributed by atoms with Gasteiger partial charge in [-0.15, -0.1) is 6.58 Å². The first-order valence-corrected chi connectivity index (χ1v) is 13.5. The highest BCUT2D eigenvalue weighted by molar-refractivity contribution is 6.06. The van der Waals surface area contributed by atoms with Crippen molar-refractivity contribution in [1.29, 1.82) is 0 Å². The van der Waals surface area contributed by atoms with Gasteiger partial charge in [0.1, 0.15) is 23.5 Å². The predicted octanol–water partition coefficient (Wildman–Crippen LogP) is 7.14. The van der Waals surface area contributed by atoms with E-state index in [0.717, 1.165) is 29.9 Å². The molecule has 0 radical (unpaired) electrons. The number of hydrogen-bond donors (Lipinski definition) is 0. The van der Waals surface area contributed by atoms with Crippen LogP contribution >= 0.6 is 0 Å². The fourth-order valence-corrected chi connectivity index (χ4v) is 3.86. The summed E-state index contributed by atoms with van der Waals surface area (Å²) in [5.41, 5.74) is 2.36. The zero-order chi connectivity index (χ0) is 30.6. The smallest absolute Gasteiger partial charge is 0.337 e. The van der Waals surface area contributed by atoms with Crippen molar-refractivity contribution in [3.63, 3.8) is 0 Å². The van der Waals surface area contributed by atoms with Crippen LogP contribution in [0, 0.1) is 6.92 Å². The van der Waals surface area contributed by atoms with Gasteiger partial charge in [0, 0.05) is 36.5 Å². The third-order valence-electron chi connectivity index (χ3n) is 5.65. The van der Waals surface area contributed by atoms with Gasteiger partial charge in [0.15, 0.2) is 17.5 Å². The number of oxazole rings is 1. The van der Waals surface area contributed by atoms with Gasteiger partial charge in [-0.1, -0.05) is 43.3 Å². The summed E-state index contributed by atoms with van der Waals surface area (Å²) in [6.45, 7) is 12.8. The first kappa shape index (κ1) is 32.9. The molecule has 1 aromatic heterocycles. The number of methoxy groups -OCH3 is 1. The normalized spacial score (nSPS) is 10.7. The van der Waals surface area contributed by atoms with E-state index < -0.39 is 17.5 Å². The van der Waals surface area contributed by atoms with E-state index in [4.69, 9.17) is 9.15 Å². The van der Waals surface area contributed by atoms with Gasteiger partial charge in [-0.25, -0.2) is 9.78 Å². The van der Waals surface area contributed by atoms with Gasteiger partial charge in [0.05, 0.1) is 12.7 Å². The van der Waals surface area contributed by atoms with E-state index >= 15 is 0 Å². The number of benzene rings is 2. The number of ether oxygens (including phenoxy) is 2. The molecule has 0 fully saturated rings. The standard InChI is InChI=1S/C20H25NO4.C13H14O3/c1-6-8-17-19(21-13(2)24-17)15-10-7-9-14(11-15)16(22)12-18(23)25-20(3,4)5;1-3-4-8-12(14)10-6-5-7-11(9-10)13(15)16-2/h7,9-11H,6,8,12H2,1-5H3;3,5-7,9H,1,4,8H2,2H3. The van der Waals surface area contributed by atoms with E-state index in [9.17, 15) is 19.2 Å². The molecule has 0 aliphatic rings. The van der Waals surface area contributed by atoms with Gasteiger partial charge < -0.3 is 13.9 Å². The van der Waals surface area contributed by atoms with E-state index in [1.54, 1.807) is 76.2 Å². The molecule has 0 aliphatic heterocycles. The first-order valence-electron chi connectivity index (χ1n) is 13.5. The van der Waals surface area contributed by atoms with Crippen LogP contribution in [0.25, 0.3) is 11.3 Å². The van der Waals surface area contributed by atoms with Crippen LogP contribution in [0.5, 0.6) is 0 Å². The maximum Gasteiger partial charge on any atom is 0.337 e. The highest BCUT2D eigenvalue weighted by Crippen LogP contribution is 2.26. The molecule has 3 aromatic rings. The summed E-state index contributed by atoms with van der Waals surface area (Å²) in [5.74, 6) is 0.199. The van der Waals surface area contributed by atoms with Crippen LogP contribution < -0.4 is 0 Å². The predicted molar refractivity (Wildman–Crippen MR) is 157 cm³/mol. The Morgan fingerprint density at radius 1 is 0.976 bits per heavy atom. The van der Waals surface area contributed by atoms with Crippen molar-refractivity contribution in [2.24, 2.45) is 0 Å². The van der Waals surface area contributed by atoms with E-state index in [-0.39, 0.29) is 18.0 Å². The van der Waals surface area contributed by atoms with Crippen molar-refractivity contribution in [2.75, 3.05) is 7.11 Å². The summed E-state index contributed by atoms with van der Waals surface area (Å²) in [4.78, 5) is 51.6.